The molecule has 0 spiro atoms. The minimum atomic E-state index is 0.613. The molecule has 0 aliphatic heterocycles. The second-order valence-electron chi connectivity index (χ2n) is 2.67. The lowest BCUT2D eigenvalue weighted by Gasteiger charge is -2.00. The van der Waals surface area contributed by atoms with Crippen LogP contribution in [0.5, 0.6) is 10.9 Å². The molecular weight excluding hydrogens is 264 g/mol. The highest BCUT2D eigenvalue weighted by molar-refractivity contribution is 9.10. The van der Waals surface area contributed by atoms with Gasteiger partial charge < -0.3 is 4.74 Å². The van der Waals surface area contributed by atoms with E-state index >= 15 is 0 Å². The molecule has 0 saturated carbocycles. The van der Waals surface area contributed by atoms with Gasteiger partial charge in [0.05, 0.1) is 6.20 Å². The van der Waals surface area contributed by atoms with E-state index in [0.717, 1.165) is 10.3 Å². The largest absolute Gasteiger partial charge is 0.429 e. The Hall–Kier alpha value is -0.940. The van der Waals surface area contributed by atoms with Crippen molar-refractivity contribution in [2.24, 2.45) is 0 Å². The topological polar surface area (TPSA) is 35.0 Å². The first-order chi connectivity index (χ1) is 6.74. The van der Waals surface area contributed by atoms with Crippen LogP contribution in [0.25, 0.3) is 0 Å². The third kappa shape index (κ3) is 2.30. The first-order valence-corrected chi connectivity index (χ1v) is 5.63. The summed E-state index contributed by atoms with van der Waals surface area (Å²) < 4.78 is 6.26. The van der Waals surface area contributed by atoms with Crippen LogP contribution in [0.15, 0.2) is 28.3 Å². The van der Waals surface area contributed by atoms with Gasteiger partial charge in [-0.25, -0.2) is 0 Å². The lowest BCUT2D eigenvalue weighted by Crippen LogP contribution is -1.85. The van der Waals surface area contributed by atoms with Crippen LogP contribution in [0.2, 0.25) is 0 Å². The summed E-state index contributed by atoms with van der Waals surface area (Å²) in [6.07, 6.45) is 1.69. The first-order valence-electron chi connectivity index (χ1n) is 3.95. The number of nitrogens with zero attached hydrogens (tertiary/aromatic N) is 2. The summed E-state index contributed by atoms with van der Waals surface area (Å²) in [5.41, 5.74) is 0.970. The van der Waals surface area contributed by atoms with Gasteiger partial charge in [0.1, 0.15) is 10.4 Å². The summed E-state index contributed by atoms with van der Waals surface area (Å²) in [5.74, 6) is 0.706. The Bertz CT molecular complexity index is 427. The van der Waals surface area contributed by atoms with Crippen molar-refractivity contribution in [3.8, 4) is 10.9 Å². The van der Waals surface area contributed by atoms with Crippen LogP contribution in [-0.2, 0) is 0 Å². The Balaban J connectivity index is 2.15. The van der Waals surface area contributed by atoms with Crippen molar-refractivity contribution in [1.82, 2.24) is 9.97 Å². The van der Waals surface area contributed by atoms with Crippen molar-refractivity contribution in [2.45, 2.75) is 6.92 Å². The maximum absolute atomic E-state index is 5.47. The lowest BCUT2D eigenvalue weighted by molar-refractivity contribution is 0.475. The van der Waals surface area contributed by atoms with Gasteiger partial charge in [0.2, 0.25) is 0 Å². The van der Waals surface area contributed by atoms with Gasteiger partial charge in [0.15, 0.2) is 0 Å². The zero-order chi connectivity index (χ0) is 9.97. The van der Waals surface area contributed by atoms with Crippen molar-refractivity contribution in [3.05, 3.63) is 34.0 Å². The molecule has 0 aromatic carbocycles. The van der Waals surface area contributed by atoms with E-state index in [1.165, 1.54) is 11.3 Å². The van der Waals surface area contributed by atoms with Crippen LogP contribution >= 0.6 is 27.3 Å². The monoisotopic (exact) mass is 270 g/mol. The smallest absolute Gasteiger partial charge is 0.279 e. The quantitative estimate of drug-likeness (QED) is 0.839. The van der Waals surface area contributed by atoms with Crippen LogP contribution < -0.4 is 4.74 Å². The number of halogens is 1. The van der Waals surface area contributed by atoms with Crippen molar-refractivity contribution >= 4 is 27.3 Å². The molecule has 2 heterocycles. The number of hydrogen-bond donors (Lipinski definition) is 0. The Morgan fingerprint density at radius 1 is 1.43 bits per heavy atom. The summed E-state index contributed by atoms with van der Waals surface area (Å²) in [6, 6.07) is 3.77. The van der Waals surface area contributed by atoms with Gasteiger partial charge in [-0.2, -0.15) is 4.98 Å². The molecule has 2 aromatic rings. The molecule has 2 aromatic heterocycles. The van der Waals surface area contributed by atoms with E-state index < -0.39 is 0 Å². The van der Waals surface area contributed by atoms with Crippen LogP contribution in [0.4, 0.5) is 0 Å². The van der Waals surface area contributed by atoms with Crippen molar-refractivity contribution in [1.29, 1.82) is 0 Å². The van der Waals surface area contributed by atoms with Crippen LogP contribution in [0.1, 0.15) is 5.69 Å². The normalized spacial score (nSPS) is 10.1. The van der Waals surface area contributed by atoms with Crippen molar-refractivity contribution in [3.63, 3.8) is 0 Å². The van der Waals surface area contributed by atoms with E-state index in [2.05, 4.69) is 25.9 Å². The van der Waals surface area contributed by atoms with Gasteiger partial charge in [-0.15, -0.1) is 0 Å². The minimum Gasteiger partial charge on any atom is -0.429 e. The molecule has 0 N–H and O–H groups in total. The average molecular weight is 271 g/mol. The Kier molecular flexibility index (Phi) is 2.79. The maximum Gasteiger partial charge on any atom is 0.279 e. The molecule has 0 radical (unpaired) electrons. The summed E-state index contributed by atoms with van der Waals surface area (Å²) in [5, 5.41) is 2.49. The van der Waals surface area contributed by atoms with E-state index in [1.54, 1.807) is 6.20 Å². The third-order valence-corrected chi connectivity index (χ3v) is 2.97. The number of aromatic nitrogens is 2. The van der Waals surface area contributed by atoms with Crippen LogP contribution in [-0.4, -0.2) is 9.97 Å². The number of hydrogen-bond acceptors (Lipinski definition) is 4. The second-order valence-corrected chi connectivity index (χ2v) is 4.31. The predicted octanol–water partition coefficient (Wildman–Crippen LogP) is 3.40. The van der Waals surface area contributed by atoms with Crippen LogP contribution in [0, 0.1) is 6.92 Å². The minimum absolute atomic E-state index is 0.613. The Morgan fingerprint density at radius 2 is 2.29 bits per heavy atom. The van der Waals surface area contributed by atoms with Gasteiger partial charge in [-0.3, -0.25) is 4.98 Å². The fourth-order valence-electron chi connectivity index (χ4n) is 0.901. The third-order valence-electron chi connectivity index (χ3n) is 1.54. The molecule has 2 rings (SSSR count). The number of rotatable bonds is 2. The zero-order valence-corrected chi connectivity index (χ0v) is 9.80. The van der Waals surface area contributed by atoms with E-state index in [4.69, 9.17) is 4.74 Å². The van der Waals surface area contributed by atoms with Crippen molar-refractivity contribution < 1.29 is 4.74 Å². The number of ether oxygens (including phenoxy) is 1. The molecule has 0 unspecified atom stereocenters. The predicted molar refractivity (Wildman–Crippen MR) is 58.9 cm³/mol. The molecular formula is C9H7BrN2OS. The fraction of sp³-hybridized carbons (Fsp3) is 0.111. The van der Waals surface area contributed by atoms with Crippen molar-refractivity contribution in [2.75, 3.05) is 0 Å². The molecule has 0 bridgehead atoms. The number of aryl methyl sites for hydroxylation is 1. The molecule has 0 aliphatic carbocycles. The summed E-state index contributed by atoms with van der Waals surface area (Å²) in [6.45, 7) is 1.93. The molecule has 0 amide bonds. The number of pyridine rings is 1. The van der Waals surface area contributed by atoms with Gasteiger partial charge >= 0.3 is 0 Å². The van der Waals surface area contributed by atoms with E-state index in [-0.39, 0.29) is 0 Å². The van der Waals surface area contributed by atoms with Gasteiger partial charge in [0.25, 0.3) is 5.19 Å². The van der Waals surface area contributed by atoms with Crippen LogP contribution in [0.3, 0.4) is 0 Å². The molecule has 3 nitrogen and oxygen atoms in total. The summed E-state index contributed by atoms with van der Waals surface area (Å²) >= 11 is 4.70. The summed E-state index contributed by atoms with van der Waals surface area (Å²) in [4.78, 5) is 8.24. The second kappa shape index (κ2) is 4.06. The van der Waals surface area contributed by atoms with E-state index in [1.807, 2.05) is 24.4 Å². The van der Waals surface area contributed by atoms with Gasteiger partial charge in [0, 0.05) is 11.1 Å². The average Bonchev–Trinajstić information content (AvgIpc) is 2.56. The molecule has 0 fully saturated rings. The Labute approximate surface area is 93.9 Å². The fourth-order valence-corrected chi connectivity index (χ4v) is 2.01. The Morgan fingerprint density at radius 3 is 2.86 bits per heavy atom. The number of thiazole rings is 1. The standard InChI is InChI=1S/C9H7BrN2OS/c1-6-2-3-7(4-11-6)13-9-12-8(10)5-14-9/h2-5H,1H3. The SMILES string of the molecule is Cc1ccc(Oc2nc(Br)cs2)cn1. The molecule has 0 atom stereocenters. The van der Waals surface area contributed by atoms with E-state index in [0.29, 0.717) is 10.9 Å². The van der Waals surface area contributed by atoms with Gasteiger partial charge in [-0.1, -0.05) is 11.3 Å². The first kappa shape index (κ1) is 9.61. The van der Waals surface area contributed by atoms with Gasteiger partial charge in [-0.05, 0) is 35.0 Å². The molecule has 0 aliphatic rings. The highest BCUT2D eigenvalue weighted by Crippen LogP contribution is 2.26. The molecule has 14 heavy (non-hydrogen) atoms. The molecule has 72 valence electrons. The molecule has 5 heteroatoms. The van der Waals surface area contributed by atoms with E-state index in [9.17, 15) is 0 Å². The zero-order valence-electron chi connectivity index (χ0n) is 7.40. The maximum atomic E-state index is 5.47. The lowest BCUT2D eigenvalue weighted by atomic mass is 10.4. The highest BCUT2D eigenvalue weighted by atomic mass is 79.9. The summed E-state index contributed by atoms with van der Waals surface area (Å²) in [7, 11) is 0. The molecule has 0 saturated heterocycles. The highest BCUT2D eigenvalue weighted by Gasteiger charge is 2.01.